The lowest BCUT2D eigenvalue weighted by Crippen LogP contribution is -2.46. The van der Waals surface area contributed by atoms with Gasteiger partial charge in [-0.05, 0) is 44.4 Å². The topological polar surface area (TPSA) is 41.1 Å². The van der Waals surface area contributed by atoms with E-state index in [-0.39, 0.29) is 30.4 Å². The van der Waals surface area contributed by atoms with Crippen LogP contribution < -0.4 is 10.6 Å². The second-order valence-electron chi connectivity index (χ2n) is 5.36. The van der Waals surface area contributed by atoms with Crippen LogP contribution in [-0.4, -0.2) is 24.5 Å². The summed E-state index contributed by atoms with van der Waals surface area (Å²) in [5.74, 6) is -1.82. The summed E-state index contributed by atoms with van der Waals surface area (Å²) in [4.78, 5) is 11.8. The normalized spacial score (nSPS) is 22.6. The highest BCUT2D eigenvalue weighted by Crippen LogP contribution is 2.13. The Morgan fingerprint density at radius 1 is 1.45 bits per heavy atom. The molecule has 1 aliphatic heterocycles. The van der Waals surface area contributed by atoms with Crippen molar-refractivity contribution in [2.45, 2.75) is 44.7 Å². The maximum atomic E-state index is 13.4. The molecule has 0 aromatic heterocycles. The van der Waals surface area contributed by atoms with Gasteiger partial charge in [-0.15, -0.1) is 0 Å². The molecule has 0 aliphatic carbocycles. The van der Waals surface area contributed by atoms with E-state index in [2.05, 4.69) is 17.6 Å². The van der Waals surface area contributed by atoms with E-state index < -0.39 is 11.6 Å². The highest BCUT2D eigenvalue weighted by Gasteiger charge is 2.20. The highest BCUT2D eigenvalue weighted by atomic mass is 19.2. The molecule has 2 N–H and O–H groups in total. The number of aryl methyl sites for hydroxylation is 1. The number of amides is 1. The number of carbonyl (C=O) groups excluding carboxylic acids is 1. The molecule has 1 amide bonds. The third-order valence-corrected chi connectivity index (χ3v) is 3.64. The predicted octanol–water partition coefficient (Wildman–Crippen LogP) is 2.15. The van der Waals surface area contributed by atoms with Crippen LogP contribution in [0.3, 0.4) is 0 Å². The third-order valence-electron chi connectivity index (χ3n) is 3.64. The smallest absolute Gasteiger partial charge is 0.220 e. The van der Waals surface area contributed by atoms with Crippen molar-refractivity contribution in [3.8, 4) is 0 Å². The van der Waals surface area contributed by atoms with Gasteiger partial charge in [-0.1, -0.05) is 12.1 Å². The molecule has 2 atom stereocenters. The fourth-order valence-corrected chi connectivity index (χ4v) is 2.55. The number of hydrogen-bond acceptors (Lipinski definition) is 2. The molecule has 1 aromatic rings. The molecule has 20 heavy (non-hydrogen) atoms. The van der Waals surface area contributed by atoms with Crippen molar-refractivity contribution in [1.29, 1.82) is 0 Å². The molecular formula is C15H20F2N2O. The van der Waals surface area contributed by atoms with Crippen molar-refractivity contribution in [3.63, 3.8) is 0 Å². The molecule has 1 heterocycles. The second kappa shape index (κ2) is 6.79. The molecule has 1 aromatic carbocycles. The lowest BCUT2D eigenvalue weighted by molar-refractivity contribution is -0.122. The molecule has 0 saturated carbocycles. The Balaban J connectivity index is 1.81. The summed E-state index contributed by atoms with van der Waals surface area (Å²) in [7, 11) is 0. The van der Waals surface area contributed by atoms with E-state index in [0.29, 0.717) is 6.04 Å². The zero-order valence-corrected chi connectivity index (χ0v) is 11.6. The average molecular weight is 282 g/mol. The zero-order chi connectivity index (χ0) is 14.5. The van der Waals surface area contributed by atoms with E-state index in [4.69, 9.17) is 0 Å². The van der Waals surface area contributed by atoms with Crippen molar-refractivity contribution in [2.24, 2.45) is 0 Å². The lowest BCUT2D eigenvalue weighted by Gasteiger charge is -2.28. The Labute approximate surface area is 117 Å². The van der Waals surface area contributed by atoms with E-state index in [1.165, 1.54) is 12.1 Å². The van der Waals surface area contributed by atoms with Gasteiger partial charge in [0.2, 0.25) is 5.91 Å². The Morgan fingerprint density at radius 3 is 3.00 bits per heavy atom. The van der Waals surface area contributed by atoms with Crippen molar-refractivity contribution in [1.82, 2.24) is 10.6 Å². The molecule has 1 saturated heterocycles. The summed E-state index contributed by atoms with van der Waals surface area (Å²) in [5, 5.41) is 6.27. The summed E-state index contributed by atoms with van der Waals surface area (Å²) in [6.07, 6.45) is 2.21. The van der Waals surface area contributed by atoms with Gasteiger partial charge in [-0.25, -0.2) is 8.78 Å². The van der Waals surface area contributed by atoms with Gasteiger partial charge in [0.1, 0.15) is 0 Å². The van der Waals surface area contributed by atoms with Crippen LogP contribution in [0.4, 0.5) is 8.78 Å². The molecular weight excluding hydrogens is 262 g/mol. The number of hydrogen-bond donors (Lipinski definition) is 2. The average Bonchev–Trinajstić information content (AvgIpc) is 2.40. The van der Waals surface area contributed by atoms with E-state index in [9.17, 15) is 13.6 Å². The molecule has 0 radical (unpaired) electrons. The van der Waals surface area contributed by atoms with Gasteiger partial charge in [0, 0.05) is 18.5 Å². The molecule has 0 bridgehead atoms. The first kappa shape index (κ1) is 14.9. The second-order valence-corrected chi connectivity index (χ2v) is 5.36. The lowest BCUT2D eigenvalue weighted by atomic mass is 10.0. The van der Waals surface area contributed by atoms with Crippen LogP contribution in [0.25, 0.3) is 0 Å². The summed E-state index contributed by atoms with van der Waals surface area (Å²) in [5.41, 5.74) is 0.249. The summed E-state index contributed by atoms with van der Waals surface area (Å²) in [6, 6.07) is 4.62. The quantitative estimate of drug-likeness (QED) is 0.888. The van der Waals surface area contributed by atoms with Gasteiger partial charge in [-0.3, -0.25) is 4.79 Å². The number of nitrogens with one attached hydrogen (secondary N) is 2. The number of halogens is 2. The number of benzene rings is 1. The molecule has 1 fully saturated rings. The summed E-state index contributed by atoms with van der Waals surface area (Å²) >= 11 is 0. The molecule has 2 rings (SSSR count). The van der Waals surface area contributed by atoms with E-state index >= 15 is 0 Å². The minimum Gasteiger partial charge on any atom is -0.353 e. The predicted molar refractivity (Wildman–Crippen MR) is 73.3 cm³/mol. The van der Waals surface area contributed by atoms with Crippen LogP contribution in [0.1, 0.15) is 31.7 Å². The summed E-state index contributed by atoms with van der Waals surface area (Å²) in [6.45, 7) is 2.98. The molecule has 110 valence electrons. The number of carbonyl (C=O) groups is 1. The Hall–Kier alpha value is -1.49. The fraction of sp³-hybridized carbons (Fsp3) is 0.533. The van der Waals surface area contributed by atoms with E-state index in [0.717, 1.165) is 25.5 Å². The van der Waals surface area contributed by atoms with Crippen molar-refractivity contribution in [3.05, 3.63) is 35.4 Å². The highest BCUT2D eigenvalue weighted by molar-refractivity contribution is 5.76. The van der Waals surface area contributed by atoms with Crippen molar-refractivity contribution in [2.75, 3.05) is 6.54 Å². The standard InChI is InChI=1S/C15H20F2N2O/c1-10-9-12(7-8-18-10)19-14(20)6-5-11-3-2-4-13(16)15(11)17/h2-4,10,12,18H,5-9H2,1H3,(H,19,20). The molecule has 5 heteroatoms. The van der Waals surface area contributed by atoms with Crippen molar-refractivity contribution < 1.29 is 13.6 Å². The van der Waals surface area contributed by atoms with E-state index in [1.807, 2.05) is 0 Å². The van der Waals surface area contributed by atoms with Crippen molar-refractivity contribution >= 4 is 5.91 Å². The van der Waals surface area contributed by atoms with Gasteiger partial charge in [0.25, 0.3) is 0 Å². The Bertz CT molecular complexity index is 479. The number of rotatable bonds is 4. The zero-order valence-electron chi connectivity index (χ0n) is 11.6. The van der Waals surface area contributed by atoms with Gasteiger partial charge < -0.3 is 10.6 Å². The third kappa shape index (κ3) is 4.00. The minimum atomic E-state index is -0.866. The first-order valence-electron chi connectivity index (χ1n) is 7.02. The number of piperidine rings is 1. The monoisotopic (exact) mass is 282 g/mol. The first-order chi connectivity index (χ1) is 9.56. The summed E-state index contributed by atoms with van der Waals surface area (Å²) < 4.78 is 26.5. The maximum Gasteiger partial charge on any atom is 0.220 e. The largest absolute Gasteiger partial charge is 0.353 e. The molecule has 1 aliphatic rings. The first-order valence-corrected chi connectivity index (χ1v) is 7.02. The molecule has 2 unspecified atom stereocenters. The van der Waals surface area contributed by atoms with Gasteiger partial charge in [0.15, 0.2) is 11.6 Å². The van der Waals surface area contributed by atoms with Gasteiger partial charge in [-0.2, -0.15) is 0 Å². The van der Waals surface area contributed by atoms with Gasteiger partial charge in [0.05, 0.1) is 0 Å². The molecule has 3 nitrogen and oxygen atoms in total. The van der Waals surface area contributed by atoms with Crippen LogP contribution in [0.2, 0.25) is 0 Å². The van der Waals surface area contributed by atoms with Crippen LogP contribution in [0.15, 0.2) is 18.2 Å². The Kier molecular flexibility index (Phi) is 5.06. The van der Waals surface area contributed by atoms with E-state index in [1.54, 1.807) is 0 Å². The fourth-order valence-electron chi connectivity index (χ4n) is 2.55. The molecule has 0 spiro atoms. The van der Waals surface area contributed by atoms with Crippen LogP contribution in [-0.2, 0) is 11.2 Å². The maximum absolute atomic E-state index is 13.4. The van der Waals surface area contributed by atoms with Crippen LogP contribution in [0.5, 0.6) is 0 Å². The van der Waals surface area contributed by atoms with Crippen LogP contribution >= 0.6 is 0 Å². The minimum absolute atomic E-state index is 0.104. The van der Waals surface area contributed by atoms with Gasteiger partial charge >= 0.3 is 0 Å². The van der Waals surface area contributed by atoms with Crippen LogP contribution in [0, 0.1) is 11.6 Å². The SMILES string of the molecule is CC1CC(NC(=O)CCc2cccc(F)c2F)CCN1. The Morgan fingerprint density at radius 2 is 2.25 bits per heavy atom.